The Hall–Kier alpha value is -2.78. The first-order chi connectivity index (χ1) is 17.4. The highest BCUT2D eigenvalue weighted by molar-refractivity contribution is 7.95. The lowest BCUT2D eigenvalue weighted by Gasteiger charge is -2.27. The summed E-state index contributed by atoms with van der Waals surface area (Å²) in [5, 5.41) is 4.51. The van der Waals surface area contributed by atoms with Crippen LogP contribution in [0.4, 0.5) is 0 Å². The Kier molecular flexibility index (Phi) is 10.4. The summed E-state index contributed by atoms with van der Waals surface area (Å²) in [6.45, 7) is 4.11. The number of benzene rings is 4. The Labute approximate surface area is 217 Å². The van der Waals surface area contributed by atoms with Crippen molar-refractivity contribution in [2.75, 3.05) is 6.16 Å². The number of unbranched alkanes of at least 4 members (excludes halogenated alkanes) is 3. The summed E-state index contributed by atoms with van der Waals surface area (Å²) >= 11 is 0. The zero-order chi connectivity index (χ0) is 25.9. The van der Waals surface area contributed by atoms with Crippen LogP contribution in [0.25, 0.3) is 0 Å². The van der Waals surface area contributed by atoms with Crippen molar-refractivity contribution >= 4 is 33.3 Å². The molecule has 4 aromatic rings. The van der Waals surface area contributed by atoms with E-state index in [2.05, 4.69) is 97.9 Å². The van der Waals surface area contributed by atoms with Crippen LogP contribution in [0.3, 0.4) is 0 Å². The molecule has 0 aliphatic heterocycles. The zero-order valence-electron chi connectivity index (χ0n) is 21.1. The first-order valence-electron chi connectivity index (χ1n) is 12.5. The van der Waals surface area contributed by atoms with Gasteiger partial charge in [-0.1, -0.05) is 92.1 Å². The van der Waals surface area contributed by atoms with Crippen molar-refractivity contribution in [3.8, 4) is 0 Å². The predicted molar refractivity (Wildman–Crippen MR) is 153 cm³/mol. The van der Waals surface area contributed by atoms with Crippen molar-refractivity contribution in [3.05, 3.63) is 121 Å². The molecule has 0 heterocycles. The molecule has 4 rings (SSSR count). The summed E-state index contributed by atoms with van der Waals surface area (Å²) in [4.78, 5) is -0.178. The fraction of sp³-hybridized carbons (Fsp3) is 0.226. The molecular weight excluding hydrogens is 483 g/mol. The lowest BCUT2D eigenvalue weighted by atomic mass is 10.2. The molecule has 0 unspecified atom stereocenters. The summed E-state index contributed by atoms with van der Waals surface area (Å²) in [6, 6.07) is 39.4. The van der Waals surface area contributed by atoms with Crippen molar-refractivity contribution in [1.82, 2.24) is 0 Å². The van der Waals surface area contributed by atoms with Gasteiger partial charge in [0, 0.05) is 0 Å². The molecule has 5 heteroatoms. The van der Waals surface area contributed by atoms with E-state index in [-0.39, 0.29) is 4.90 Å². The first-order valence-corrected chi connectivity index (χ1v) is 15.8. The molecule has 0 aliphatic carbocycles. The molecule has 0 spiro atoms. The highest BCUT2D eigenvalue weighted by atomic mass is 32.2. The van der Waals surface area contributed by atoms with Crippen LogP contribution in [0, 0.1) is 6.92 Å². The molecule has 0 saturated carbocycles. The molecule has 4 aromatic carbocycles. The number of aryl methyl sites for hydroxylation is 1. The standard InChI is InChI=1S/C24H28P.C7H8O3S/c1-2-3-4-14-21-25(22-15-8-5-9-16-22,23-17-10-6-11-18-23)24-19-12-7-13-20-24;1-6-2-4-7(5-3-6)11(8,9)10/h5-13,15-20H,2-4,14,21H2,1H3;2-5H,1H3,(H,8,9,10)/q+1;/p-1. The molecule has 0 aromatic heterocycles. The normalized spacial score (nSPS) is 11.4. The van der Waals surface area contributed by atoms with Gasteiger partial charge in [-0.15, -0.1) is 0 Å². The highest BCUT2D eigenvalue weighted by Gasteiger charge is 2.44. The molecule has 0 fully saturated rings. The van der Waals surface area contributed by atoms with Crippen LogP contribution in [0.2, 0.25) is 0 Å². The highest BCUT2D eigenvalue weighted by Crippen LogP contribution is 2.55. The largest absolute Gasteiger partial charge is 0.744 e. The smallest absolute Gasteiger partial charge is 0.124 e. The Morgan fingerprint density at radius 3 is 1.39 bits per heavy atom. The van der Waals surface area contributed by atoms with Crippen molar-refractivity contribution in [3.63, 3.8) is 0 Å². The minimum absolute atomic E-state index is 0.178. The molecule has 188 valence electrons. The molecular formula is C31H35O3PS. The van der Waals surface area contributed by atoms with Crippen molar-refractivity contribution in [2.24, 2.45) is 0 Å². The maximum Gasteiger partial charge on any atom is 0.124 e. The first kappa shape index (κ1) is 27.8. The van der Waals surface area contributed by atoms with E-state index >= 15 is 0 Å². The Balaban J connectivity index is 0.000000275. The predicted octanol–water partition coefficient (Wildman–Crippen LogP) is 6.46. The fourth-order valence-electron chi connectivity index (χ4n) is 4.36. The molecule has 0 saturated heterocycles. The van der Waals surface area contributed by atoms with Crippen LogP contribution in [0.5, 0.6) is 0 Å². The van der Waals surface area contributed by atoms with Crippen molar-refractivity contribution in [2.45, 2.75) is 44.4 Å². The maximum absolute atomic E-state index is 10.4. The third-order valence-electron chi connectivity index (χ3n) is 6.25. The van der Waals surface area contributed by atoms with Crippen molar-refractivity contribution < 1.29 is 13.0 Å². The Bertz CT molecular complexity index is 1180. The second-order valence-electron chi connectivity index (χ2n) is 8.87. The summed E-state index contributed by atoms with van der Waals surface area (Å²) in [5.74, 6) is 0. The van der Waals surface area contributed by atoms with Gasteiger partial charge < -0.3 is 4.55 Å². The third-order valence-corrected chi connectivity index (χ3v) is 11.6. The van der Waals surface area contributed by atoms with Gasteiger partial charge in [-0.3, -0.25) is 0 Å². The van der Waals surface area contributed by atoms with Crippen LogP contribution < -0.4 is 15.9 Å². The van der Waals surface area contributed by atoms with Crippen LogP contribution >= 0.6 is 7.26 Å². The van der Waals surface area contributed by atoms with Crippen LogP contribution in [0.1, 0.15) is 38.2 Å². The molecule has 0 aliphatic rings. The van der Waals surface area contributed by atoms with Gasteiger partial charge in [-0.2, -0.15) is 0 Å². The summed E-state index contributed by atoms with van der Waals surface area (Å²) in [6.07, 6.45) is 6.49. The molecule has 0 bridgehead atoms. The van der Waals surface area contributed by atoms with Gasteiger partial charge in [0.2, 0.25) is 0 Å². The van der Waals surface area contributed by atoms with E-state index < -0.39 is 17.4 Å². The van der Waals surface area contributed by atoms with E-state index in [0.717, 1.165) is 5.56 Å². The molecule has 36 heavy (non-hydrogen) atoms. The maximum atomic E-state index is 10.4. The fourth-order valence-corrected chi connectivity index (χ4v) is 9.24. The Morgan fingerprint density at radius 2 is 1.03 bits per heavy atom. The molecule has 3 nitrogen and oxygen atoms in total. The van der Waals surface area contributed by atoms with Gasteiger partial charge in [-0.25, -0.2) is 8.42 Å². The van der Waals surface area contributed by atoms with E-state index in [9.17, 15) is 13.0 Å². The second kappa shape index (κ2) is 13.5. The van der Waals surface area contributed by atoms with E-state index in [0.29, 0.717) is 0 Å². The monoisotopic (exact) mass is 518 g/mol. The lowest BCUT2D eigenvalue weighted by Crippen LogP contribution is -2.33. The van der Waals surface area contributed by atoms with Gasteiger partial charge in [-0.05, 0) is 68.3 Å². The SMILES string of the molecule is CCCCCC[P+](c1ccccc1)(c1ccccc1)c1ccccc1.Cc1ccc(S(=O)(=O)[O-])cc1. The zero-order valence-corrected chi connectivity index (χ0v) is 22.8. The number of rotatable bonds is 9. The average molecular weight is 519 g/mol. The summed E-state index contributed by atoms with van der Waals surface area (Å²) in [5.41, 5.74) is 0.928. The van der Waals surface area contributed by atoms with Crippen LogP contribution in [0.15, 0.2) is 120 Å². The van der Waals surface area contributed by atoms with Crippen LogP contribution in [-0.2, 0) is 10.1 Å². The van der Waals surface area contributed by atoms with Crippen LogP contribution in [-0.4, -0.2) is 19.1 Å². The summed E-state index contributed by atoms with van der Waals surface area (Å²) < 4.78 is 31.2. The van der Waals surface area contributed by atoms with E-state index in [4.69, 9.17) is 0 Å². The number of hydrogen-bond donors (Lipinski definition) is 0. The van der Waals surface area contributed by atoms with E-state index in [1.54, 1.807) is 12.1 Å². The third kappa shape index (κ3) is 7.36. The summed E-state index contributed by atoms with van der Waals surface area (Å²) in [7, 11) is -5.86. The molecule has 0 radical (unpaired) electrons. The van der Waals surface area contributed by atoms with Gasteiger partial charge in [0.25, 0.3) is 0 Å². The lowest BCUT2D eigenvalue weighted by molar-refractivity contribution is 0.463. The molecule has 0 N–H and O–H groups in total. The Morgan fingerprint density at radius 1 is 0.611 bits per heavy atom. The topological polar surface area (TPSA) is 57.2 Å². The average Bonchev–Trinajstić information content (AvgIpc) is 2.91. The number of hydrogen-bond acceptors (Lipinski definition) is 3. The minimum atomic E-state index is -4.27. The van der Waals surface area contributed by atoms with Crippen molar-refractivity contribution in [1.29, 1.82) is 0 Å². The van der Waals surface area contributed by atoms with E-state index in [1.165, 1.54) is 59.9 Å². The van der Waals surface area contributed by atoms with Gasteiger partial charge >= 0.3 is 0 Å². The van der Waals surface area contributed by atoms with E-state index in [1.807, 2.05) is 6.92 Å². The van der Waals surface area contributed by atoms with Gasteiger partial charge in [0.15, 0.2) is 0 Å². The minimum Gasteiger partial charge on any atom is -0.744 e. The van der Waals surface area contributed by atoms with Gasteiger partial charge in [0.1, 0.15) is 33.3 Å². The van der Waals surface area contributed by atoms with Gasteiger partial charge in [0.05, 0.1) is 11.1 Å². The second-order valence-corrected chi connectivity index (χ2v) is 13.9. The molecule has 0 atom stereocenters. The molecule has 0 amide bonds. The quantitative estimate of drug-likeness (QED) is 0.145.